The first kappa shape index (κ1) is 94.9. The summed E-state index contributed by atoms with van der Waals surface area (Å²) in [6.07, 6.45) is 59.4. The van der Waals surface area contributed by atoms with Crippen molar-refractivity contribution in [3.8, 4) is 0 Å². The maximum absolute atomic E-state index is 13.0. The zero-order chi connectivity index (χ0) is 69.3. The van der Waals surface area contributed by atoms with Gasteiger partial charge in [-0.15, -0.1) is 0 Å². The molecule has 0 aromatic rings. The number of ether oxygens (including phenoxy) is 4. The van der Waals surface area contributed by atoms with Gasteiger partial charge in [0.15, 0.2) is 0 Å². The van der Waals surface area contributed by atoms with Crippen LogP contribution in [0.15, 0.2) is 0 Å². The number of carbonyl (C=O) groups is 4. The van der Waals surface area contributed by atoms with Crippen LogP contribution in [0.25, 0.3) is 0 Å². The molecule has 0 saturated carbocycles. The number of rotatable bonds is 69. The molecular weight excluding hydrogens is 1160 g/mol. The molecule has 0 aliphatic carbocycles. The molecule has 4 unspecified atom stereocenters. The van der Waals surface area contributed by atoms with Gasteiger partial charge in [0.05, 0.1) is 50.6 Å². The summed E-state index contributed by atoms with van der Waals surface area (Å²) in [6, 6.07) is 0. The lowest BCUT2D eigenvalue weighted by Gasteiger charge is -2.24. The molecule has 0 aliphatic rings. The van der Waals surface area contributed by atoms with Gasteiger partial charge in [-0.3, -0.25) is 19.2 Å². The van der Waals surface area contributed by atoms with E-state index in [2.05, 4.69) is 101 Å². The summed E-state index contributed by atoms with van der Waals surface area (Å²) in [5.41, 5.74) is 0. The molecule has 0 rings (SSSR count). The van der Waals surface area contributed by atoms with Crippen molar-refractivity contribution < 1.29 is 38.1 Å². The fraction of sp³-hybridized carbons (Fsp3) is 0.951. The van der Waals surface area contributed by atoms with Crippen LogP contribution in [-0.4, -0.2) is 140 Å². The quantitative estimate of drug-likeness (QED) is 0.0354. The summed E-state index contributed by atoms with van der Waals surface area (Å²) in [5, 5.41) is 3.50. The lowest BCUT2D eigenvalue weighted by atomic mass is 9.94. The molecule has 0 amide bonds. The smallest absolute Gasteiger partial charge is 0.308 e. The van der Waals surface area contributed by atoms with Crippen LogP contribution in [0.1, 0.15) is 376 Å². The van der Waals surface area contributed by atoms with Gasteiger partial charge in [0, 0.05) is 26.2 Å². The molecule has 0 fully saturated rings. The number of hydrogen-bond donors (Lipinski definition) is 1. The van der Waals surface area contributed by atoms with Gasteiger partial charge in [-0.05, 0) is 138 Å². The zero-order valence-electron chi connectivity index (χ0n) is 64.8. The van der Waals surface area contributed by atoms with Crippen LogP contribution in [0.3, 0.4) is 0 Å². The van der Waals surface area contributed by atoms with Crippen molar-refractivity contribution in [2.45, 2.75) is 376 Å². The Labute approximate surface area is 580 Å². The van der Waals surface area contributed by atoms with Gasteiger partial charge in [-0.1, -0.05) is 287 Å². The van der Waals surface area contributed by atoms with Gasteiger partial charge in [0.25, 0.3) is 0 Å². The number of nitrogens with one attached hydrogen (secondary N) is 1. The average molecular weight is 1320 g/mol. The third-order valence-corrected chi connectivity index (χ3v) is 18.8. The van der Waals surface area contributed by atoms with Crippen LogP contribution in [0, 0.1) is 23.7 Å². The Morgan fingerprint density at radius 1 is 0.280 bits per heavy atom. The Balaban J connectivity index is -0.00000171. The van der Waals surface area contributed by atoms with Gasteiger partial charge >= 0.3 is 23.9 Å². The molecule has 1 N–H and O–H groups in total. The number of hydrogen-bond acceptors (Lipinski definition) is 12. The topological polar surface area (TPSA) is 127 Å². The maximum Gasteiger partial charge on any atom is 0.308 e. The second-order valence-corrected chi connectivity index (χ2v) is 28.3. The highest BCUT2D eigenvalue weighted by Gasteiger charge is 2.22. The maximum atomic E-state index is 13.0. The number of likely N-dealkylation sites (N-methyl/N-ethyl adjacent to an activating group) is 2. The second kappa shape index (κ2) is 77.1. The largest absolute Gasteiger partial charge is 0.469 e. The first-order chi connectivity index (χ1) is 45.3. The van der Waals surface area contributed by atoms with E-state index < -0.39 is 0 Å². The van der Waals surface area contributed by atoms with E-state index in [9.17, 15) is 19.2 Å². The van der Waals surface area contributed by atoms with Gasteiger partial charge < -0.3 is 39.0 Å². The third-order valence-electron chi connectivity index (χ3n) is 18.8. The number of unbranched alkanes of at least 4 members (excludes halogenated alkanes) is 33. The predicted octanol–water partition coefficient (Wildman–Crippen LogP) is 21.9. The molecule has 0 aliphatic heterocycles. The lowest BCUT2D eigenvalue weighted by molar-refractivity contribution is -0.150. The summed E-state index contributed by atoms with van der Waals surface area (Å²) in [6.45, 7) is 27.1. The van der Waals surface area contributed by atoms with Crippen molar-refractivity contribution in [2.24, 2.45) is 23.7 Å². The number of nitrogens with zero attached hydrogens (tertiary/aromatic N) is 3. The Morgan fingerprint density at radius 2 is 0.559 bits per heavy atom. The van der Waals surface area contributed by atoms with Crippen LogP contribution >= 0.6 is 0 Å². The fourth-order valence-corrected chi connectivity index (χ4v) is 12.1. The van der Waals surface area contributed by atoms with Crippen LogP contribution in [0.5, 0.6) is 0 Å². The van der Waals surface area contributed by atoms with E-state index >= 15 is 0 Å². The second-order valence-electron chi connectivity index (χ2n) is 28.3. The summed E-state index contributed by atoms with van der Waals surface area (Å²) in [7, 11) is 10.0. The van der Waals surface area contributed by atoms with Crippen LogP contribution < -0.4 is 5.32 Å². The molecule has 0 bridgehead atoms. The van der Waals surface area contributed by atoms with Crippen molar-refractivity contribution in [1.29, 1.82) is 0 Å². The molecule has 556 valence electrons. The molecule has 0 saturated heterocycles. The summed E-state index contributed by atoms with van der Waals surface area (Å²) in [4.78, 5) is 56.1. The minimum Gasteiger partial charge on any atom is -0.469 e. The summed E-state index contributed by atoms with van der Waals surface area (Å²) in [5.74, 6) is 0.562. The van der Waals surface area contributed by atoms with Crippen molar-refractivity contribution >= 4 is 23.9 Å². The molecule has 0 radical (unpaired) electrons. The monoisotopic (exact) mass is 1320 g/mol. The first-order valence-corrected chi connectivity index (χ1v) is 40.6. The highest BCUT2D eigenvalue weighted by Crippen LogP contribution is 2.24. The molecule has 93 heavy (non-hydrogen) atoms. The molecule has 0 spiro atoms. The van der Waals surface area contributed by atoms with E-state index in [0.717, 1.165) is 181 Å². The van der Waals surface area contributed by atoms with E-state index in [4.69, 9.17) is 14.2 Å². The van der Waals surface area contributed by atoms with Gasteiger partial charge in [0.1, 0.15) is 0 Å². The van der Waals surface area contributed by atoms with Gasteiger partial charge in [0.2, 0.25) is 0 Å². The first-order valence-electron chi connectivity index (χ1n) is 40.6. The highest BCUT2D eigenvalue weighted by molar-refractivity contribution is 5.73. The normalized spacial score (nSPS) is 12.7. The zero-order valence-corrected chi connectivity index (χ0v) is 64.8. The van der Waals surface area contributed by atoms with Crippen LogP contribution in [0.4, 0.5) is 0 Å². The minimum atomic E-state index is -0.0547. The lowest BCUT2D eigenvalue weighted by Crippen LogP contribution is -2.33. The van der Waals surface area contributed by atoms with Crippen molar-refractivity contribution in [2.75, 3.05) is 101 Å². The van der Waals surface area contributed by atoms with Gasteiger partial charge in [-0.2, -0.15) is 0 Å². The van der Waals surface area contributed by atoms with E-state index in [1.807, 2.05) is 6.92 Å². The number of carbonyl (C=O) groups excluding carboxylic acids is 4. The van der Waals surface area contributed by atoms with Crippen LogP contribution in [0.2, 0.25) is 0 Å². The van der Waals surface area contributed by atoms with Crippen molar-refractivity contribution in [1.82, 2.24) is 20.0 Å². The standard InChI is InChI=1S/C48H96N2O4.C24H50N2O2.C9H18O2/c1-7-11-15-19-21-29-37-45(35-27-17-13-9-3)47(51)53-43-33-25-23-31-39-50(42-41-49(5)6)40-32-24-26-34-44-54-48(52)46(36-28-18-14-10-4)38-30-22-20-16-12-8-2;1-5-7-18-23(6-2)24(27)28-22-17-15-13-11-9-8-10-12-14-16-19-25-20-21-26(3)4;1-4-6-7-8(5-2)9(10)11-3/h45-46H,7-44H2,1-6H3;23,25H,5-22H2,1-4H3;8H,4-7H2,1-3H3. The third kappa shape index (κ3) is 69.4. The van der Waals surface area contributed by atoms with E-state index in [1.54, 1.807) is 0 Å². The Kier molecular flexibility index (Phi) is 78.7. The number of esters is 4. The highest BCUT2D eigenvalue weighted by atomic mass is 16.5. The molecule has 12 heteroatoms. The Hall–Kier alpha value is -2.28. The summed E-state index contributed by atoms with van der Waals surface area (Å²) < 4.78 is 21.8. The molecule has 0 heterocycles. The fourth-order valence-electron chi connectivity index (χ4n) is 12.1. The molecular formula is C81H164N4O8. The Morgan fingerprint density at radius 3 is 0.892 bits per heavy atom. The molecule has 4 atom stereocenters. The number of methoxy groups -OCH3 is 1. The van der Waals surface area contributed by atoms with Gasteiger partial charge in [-0.25, -0.2) is 0 Å². The van der Waals surface area contributed by atoms with Crippen molar-refractivity contribution in [3.05, 3.63) is 0 Å². The van der Waals surface area contributed by atoms with E-state index in [0.29, 0.717) is 19.8 Å². The molecule has 0 aromatic carbocycles. The minimum absolute atomic E-state index is 0.0313. The average Bonchev–Trinajstić information content (AvgIpc) is 3.72. The molecule has 0 aromatic heterocycles. The predicted molar refractivity (Wildman–Crippen MR) is 402 cm³/mol. The Bertz CT molecular complexity index is 1480. The van der Waals surface area contributed by atoms with E-state index in [-0.39, 0.29) is 47.5 Å². The SMILES string of the molecule is CCCCC(CC)C(=O)OC.CCCCC(CC)C(=O)OCCCCCCCCCCCCNCCN(C)C.CCCCCCCCC(CCCCCC)C(=O)OCCCCCCN(CCCCCCOC(=O)C(CCCCCC)CCCCCCCC)CCN(C)C. The van der Waals surface area contributed by atoms with Crippen LogP contribution in [-0.2, 0) is 38.1 Å². The summed E-state index contributed by atoms with van der Waals surface area (Å²) >= 11 is 0. The van der Waals surface area contributed by atoms with E-state index in [1.165, 1.54) is 193 Å². The molecule has 12 nitrogen and oxygen atoms in total. The van der Waals surface area contributed by atoms with Crippen molar-refractivity contribution in [3.63, 3.8) is 0 Å².